The minimum atomic E-state index is -4.09. The summed E-state index contributed by atoms with van der Waals surface area (Å²) in [7, 11) is -4.09. The first-order valence-electron chi connectivity index (χ1n) is 9.25. The number of halogens is 3. The maximum atomic E-state index is 12.8. The molecule has 1 aliphatic rings. The highest BCUT2D eigenvalue weighted by atomic mass is 79.9. The van der Waals surface area contributed by atoms with Crippen molar-refractivity contribution in [1.82, 2.24) is 5.32 Å². The first-order valence-corrected chi connectivity index (χ1v) is 13.4. The predicted octanol–water partition coefficient (Wildman–Crippen LogP) is 6.52. The second kappa shape index (κ2) is 10.0. The van der Waals surface area contributed by atoms with E-state index in [1.807, 2.05) is 0 Å². The zero-order valence-corrected chi connectivity index (χ0v) is 22.0. The van der Waals surface area contributed by atoms with Crippen LogP contribution in [0.15, 0.2) is 90.5 Å². The second-order valence-corrected chi connectivity index (χ2v) is 11.4. The Morgan fingerprint density at radius 2 is 1.73 bits per heavy atom. The number of hydrogen-bond acceptors (Lipinski definition) is 6. The largest absolute Gasteiger partial charge is 0.377 e. The van der Waals surface area contributed by atoms with Crippen molar-refractivity contribution in [2.45, 2.75) is 4.90 Å². The Morgan fingerprint density at radius 1 is 1.03 bits per heavy atom. The molecule has 0 aliphatic carbocycles. The zero-order valence-electron chi connectivity index (χ0n) is 16.5. The van der Waals surface area contributed by atoms with Gasteiger partial charge in [-0.05, 0) is 82.3 Å². The number of nitrogens with zero attached hydrogens (tertiary/aromatic N) is 1. The number of carbonyl (C=O) groups excluding carboxylic acids is 1. The van der Waals surface area contributed by atoms with Crippen LogP contribution in [-0.4, -0.2) is 19.5 Å². The van der Waals surface area contributed by atoms with Crippen molar-refractivity contribution in [3.05, 3.63) is 91.2 Å². The first-order chi connectivity index (χ1) is 15.7. The normalized spacial score (nSPS) is 16.3. The number of thioether (sulfide) groups is 1. The van der Waals surface area contributed by atoms with Crippen LogP contribution in [0.25, 0.3) is 6.08 Å². The molecular formula is C22H13Br2ClN2O4S2. The van der Waals surface area contributed by atoms with E-state index < -0.39 is 10.1 Å². The van der Waals surface area contributed by atoms with Crippen molar-refractivity contribution in [1.29, 1.82) is 0 Å². The molecule has 4 rings (SSSR count). The Bertz CT molecular complexity index is 1390. The summed E-state index contributed by atoms with van der Waals surface area (Å²) in [5, 5.41) is 3.68. The summed E-state index contributed by atoms with van der Waals surface area (Å²) >= 11 is 13.8. The maximum Gasteiger partial charge on any atom is 0.339 e. The van der Waals surface area contributed by atoms with Gasteiger partial charge in [-0.2, -0.15) is 8.42 Å². The van der Waals surface area contributed by atoms with Gasteiger partial charge in [0, 0.05) is 15.1 Å². The van der Waals surface area contributed by atoms with Crippen LogP contribution in [0.4, 0.5) is 5.69 Å². The predicted molar refractivity (Wildman–Crippen MR) is 138 cm³/mol. The van der Waals surface area contributed by atoms with Crippen LogP contribution in [0.2, 0.25) is 5.02 Å². The minimum absolute atomic E-state index is 0.0174. The Hall–Kier alpha value is -2.11. The molecule has 1 aliphatic heterocycles. The molecule has 1 amide bonds. The fraction of sp³-hybridized carbons (Fsp3) is 0. The molecule has 1 N–H and O–H groups in total. The molecule has 0 bridgehead atoms. The van der Waals surface area contributed by atoms with E-state index in [9.17, 15) is 13.2 Å². The molecule has 0 unspecified atom stereocenters. The van der Waals surface area contributed by atoms with E-state index in [2.05, 4.69) is 42.2 Å². The van der Waals surface area contributed by atoms with Gasteiger partial charge < -0.3 is 9.50 Å². The van der Waals surface area contributed by atoms with Crippen molar-refractivity contribution >= 4 is 88.2 Å². The Kier molecular flexibility index (Phi) is 7.30. The number of aliphatic imine (C=N–C) groups is 1. The Labute approximate surface area is 216 Å². The van der Waals surface area contributed by atoms with Gasteiger partial charge in [-0.3, -0.25) is 4.79 Å². The number of nitrogens with one attached hydrogen (secondary N) is 1. The van der Waals surface area contributed by atoms with E-state index in [1.54, 1.807) is 60.7 Å². The van der Waals surface area contributed by atoms with E-state index in [0.717, 1.165) is 11.8 Å². The van der Waals surface area contributed by atoms with Gasteiger partial charge in [0.15, 0.2) is 10.9 Å². The number of carbonyl (C=O) groups is 1. The summed E-state index contributed by atoms with van der Waals surface area (Å²) in [4.78, 5) is 17.3. The van der Waals surface area contributed by atoms with Gasteiger partial charge in [0.25, 0.3) is 5.91 Å². The molecule has 0 radical (unpaired) electrons. The third kappa shape index (κ3) is 5.88. The van der Waals surface area contributed by atoms with E-state index in [0.29, 0.717) is 35.3 Å². The number of rotatable bonds is 5. The lowest BCUT2D eigenvalue weighted by molar-refractivity contribution is -0.115. The molecular weight excluding hydrogens is 616 g/mol. The quantitative estimate of drug-likeness (QED) is 0.257. The number of benzene rings is 3. The van der Waals surface area contributed by atoms with Gasteiger partial charge in [-0.15, -0.1) is 0 Å². The van der Waals surface area contributed by atoms with Crippen LogP contribution in [0, 0.1) is 0 Å². The summed E-state index contributed by atoms with van der Waals surface area (Å²) in [6.45, 7) is 0. The smallest absolute Gasteiger partial charge is 0.339 e. The highest BCUT2D eigenvalue weighted by molar-refractivity contribution is 9.11. The summed E-state index contributed by atoms with van der Waals surface area (Å²) in [5.41, 5.74) is 1.02. The third-order valence-corrected chi connectivity index (χ3v) is 7.70. The van der Waals surface area contributed by atoms with Crippen molar-refractivity contribution in [3.8, 4) is 5.75 Å². The van der Waals surface area contributed by atoms with E-state index >= 15 is 0 Å². The van der Waals surface area contributed by atoms with E-state index in [-0.39, 0.29) is 16.6 Å². The minimum Gasteiger partial charge on any atom is -0.377 e. The van der Waals surface area contributed by atoms with Crippen molar-refractivity contribution in [2.24, 2.45) is 4.99 Å². The van der Waals surface area contributed by atoms with Crippen molar-refractivity contribution in [2.75, 3.05) is 0 Å². The van der Waals surface area contributed by atoms with Crippen LogP contribution >= 0.6 is 55.2 Å². The monoisotopic (exact) mass is 626 g/mol. The molecule has 3 aromatic carbocycles. The molecule has 1 saturated heterocycles. The van der Waals surface area contributed by atoms with Gasteiger partial charge >= 0.3 is 10.1 Å². The van der Waals surface area contributed by atoms with Crippen LogP contribution in [-0.2, 0) is 14.9 Å². The van der Waals surface area contributed by atoms with Crippen LogP contribution in [0.5, 0.6) is 5.75 Å². The molecule has 3 aromatic rings. The average Bonchev–Trinajstić information content (AvgIpc) is 3.11. The molecule has 0 aromatic heterocycles. The van der Waals surface area contributed by atoms with E-state index in [1.165, 1.54) is 12.1 Å². The molecule has 0 atom stereocenters. The highest BCUT2D eigenvalue weighted by Crippen LogP contribution is 2.38. The molecule has 1 fully saturated rings. The fourth-order valence-corrected chi connectivity index (χ4v) is 6.17. The molecule has 6 nitrogen and oxygen atoms in total. The lowest BCUT2D eigenvalue weighted by atomic mass is 10.2. The van der Waals surface area contributed by atoms with Gasteiger partial charge in [0.1, 0.15) is 4.90 Å². The van der Waals surface area contributed by atoms with Crippen molar-refractivity contribution in [3.63, 3.8) is 0 Å². The molecule has 0 spiro atoms. The molecule has 0 saturated carbocycles. The molecule has 11 heteroatoms. The van der Waals surface area contributed by atoms with Crippen LogP contribution < -0.4 is 9.50 Å². The van der Waals surface area contributed by atoms with Crippen LogP contribution in [0.1, 0.15) is 5.56 Å². The first kappa shape index (κ1) is 24.0. The summed E-state index contributed by atoms with van der Waals surface area (Å²) in [6.07, 6.45) is 1.55. The highest BCUT2D eigenvalue weighted by Gasteiger charge is 2.26. The zero-order chi connectivity index (χ0) is 23.6. The lowest BCUT2D eigenvalue weighted by Gasteiger charge is -2.12. The van der Waals surface area contributed by atoms with Gasteiger partial charge in [-0.1, -0.05) is 45.7 Å². The fourth-order valence-electron chi connectivity index (χ4n) is 2.78. The Balaban J connectivity index is 1.68. The van der Waals surface area contributed by atoms with E-state index in [4.69, 9.17) is 15.8 Å². The topological polar surface area (TPSA) is 84.8 Å². The molecule has 168 valence electrons. The van der Waals surface area contributed by atoms with Gasteiger partial charge in [0.05, 0.1) is 15.1 Å². The average molecular weight is 629 g/mol. The molecule has 1 heterocycles. The number of amidine groups is 1. The second-order valence-electron chi connectivity index (χ2n) is 6.61. The number of amides is 1. The lowest BCUT2D eigenvalue weighted by Crippen LogP contribution is -2.19. The molecule has 33 heavy (non-hydrogen) atoms. The maximum absolute atomic E-state index is 12.8. The third-order valence-electron chi connectivity index (χ3n) is 4.26. The summed E-state index contributed by atoms with van der Waals surface area (Å²) < 4.78 is 32.1. The van der Waals surface area contributed by atoms with Crippen molar-refractivity contribution < 1.29 is 17.4 Å². The van der Waals surface area contributed by atoms with Gasteiger partial charge in [0.2, 0.25) is 0 Å². The Morgan fingerprint density at radius 3 is 2.42 bits per heavy atom. The SMILES string of the molecule is O=C1NC(=Nc2ccc(Cl)cc2)S/C1=C\c1cc(Br)cc(Br)c1OS(=O)(=O)c1ccccc1. The standard InChI is InChI=1S/C22H13Br2ClN2O4S2/c23-14-10-13(20(18(24)12-14)31-33(29,30)17-4-2-1-3-5-17)11-19-21(28)27-22(32-19)26-16-8-6-15(25)7-9-16/h1-12H,(H,26,27,28)/b19-11-. The number of hydrogen-bond donors (Lipinski definition) is 1. The van der Waals surface area contributed by atoms with Crippen LogP contribution in [0.3, 0.4) is 0 Å². The summed E-state index contributed by atoms with van der Waals surface area (Å²) in [5.74, 6) is -0.299. The summed E-state index contributed by atoms with van der Waals surface area (Å²) in [6, 6.07) is 18.0. The van der Waals surface area contributed by atoms with Gasteiger partial charge in [-0.25, -0.2) is 4.99 Å².